The normalized spacial score (nSPS) is 11.8. The van der Waals surface area contributed by atoms with Gasteiger partial charge in [0.05, 0.1) is 6.33 Å². The summed E-state index contributed by atoms with van der Waals surface area (Å²) in [5, 5.41) is 0.0259. The van der Waals surface area contributed by atoms with E-state index in [0.29, 0.717) is 5.56 Å². The molecule has 2 rings (SSSR count). The number of nitrogens with two attached hydrogens (primary N) is 1. The number of aryl methyl sites for hydroxylation is 1. The van der Waals surface area contributed by atoms with Gasteiger partial charge in [-0.3, -0.25) is 0 Å². The molecule has 0 saturated heterocycles. The van der Waals surface area contributed by atoms with E-state index in [1.54, 1.807) is 29.8 Å². The van der Waals surface area contributed by atoms with Gasteiger partial charge in [0.1, 0.15) is 4.99 Å². The quantitative estimate of drug-likeness (QED) is 0.826. The second-order valence-corrected chi connectivity index (χ2v) is 7.13. The molecule has 0 aliphatic rings. The highest BCUT2D eigenvalue weighted by Crippen LogP contribution is 2.15. The van der Waals surface area contributed by atoms with E-state index in [4.69, 9.17) is 18.0 Å². The van der Waals surface area contributed by atoms with Crippen molar-refractivity contribution in [2.24, 2.45) is 12.8 Å². The van der Waals surface area contributed by atoms with E-state index in [0.717, 1.165) is 5.56 Å². The van der Waals surface area contributed by atoms with Gasteiger partial charge in [-0.25, -0.2) is 13.4 Å². The summed E-state index contributed by atoms with van der Waals surface area (Å²) >= 11 is 4.92. The molecule has 2 aromatic rings. The van der Waals surface area contributed by atoms with Crippen molar-refractivity contribution in [3.63, 3.8) is 0 Å². The third-order valence-electron chi connectivity index (χ3n) is 2.97. The van der Waals surface area contributed by atoms with Crippen LogP contribution in [0.2, 0.25) is 0 Å². The lowest BCUT2D eigenvalue weighted by Crippen LogP contribution is -2.27. The van der Waals surface area contributed by atoms with E-state index in [9.17, 15) is 8.42 Å². The van der Waals surface area contributed by atoms with Gasteiger partial charge >= 0.3 is 0 Å². The molecule has 8 heteroatoms. The van der Waals surface area contributed by atoms with Crippen LogP contribution in [0.1, 0.15) is 11.1 Å². The van der Waals surface area contributed by atoms with E-state index in [2.05, 4.69) is 4.98 Å². The Labute approximate surface area is 129 Å². The molecule has 2 N–H and O–H groups in total. The third kappa shape index (κ3) is 3.46. The molecule has 0 radical (unpaired) electrons. The standard InChI is InChI=1S/C13H16N4O2S2/c1-16-8-12(15-9-16)21(18,19)17(2)7-10-4-3-5-11(6-10)13(14)20/h3-6,8-9H,7H2,1-2H3,(H2,14,20). The fourth-order valence-electron chi connectivity index (χ4n) is 1.85. The lowest BCUT2D eigenvalue weighted by Gasteiger charge is -2.16. The molecule has 0 bridgehead atoms. The van der Waals surface area contributed by atoms with Crippen molar-refractivity contribution in [3.05, 3.63) is 47.9 Å². The molecule has 1 aromatic carbocycles. The maximum atomic E-state index is 12.4. The summed E-state index contributed by atoms with van der Waals surface area (Å²) in [4.78, 5) is 4.17. The predicted octanol–water partition coefficient (Wildman–Crippen LogP) is 0.875. The first-order chi connectivity index (χ1) is 9.80. The minimum Gasteiger partial charge on any atom is -0.389 e. The number of rotatable bonds is 5. The maximum absolute atomic E-state index is 12.4. The summed E-state index contributed by atoms with van der Waals surface area (Å²) in [6.07, 6.45) is 2.92. The van der Waals surface area contributed by atoms with Crippen molar-refractivity contribution < 1.29 is 8.42 Å². The number of hydrogen-bond acceptors (Lipinski definition) is 4. The van der Waals surface area contributed by atoms with Crippen LogP contribution >= 0.6 is 12.2 Å². The van der Waals surface area contributed by atoms with Gasteiger partial charge in [-0.1, -0.05) is 30.4 Å². The van der Waals surface area contributed by atoms with Crippen molar-refractivity contribution in [1.82, 2.24) is 13.9 Å². The molecule has 0 saturated carbocycles. The predicted molar refractivity (Wildman–Crippen MR) is 84.2 cm³/mol. The van der Waals surface area contributed by atoms with Gasteiger partial charge in [-0.05, 0) is 11.6 Å². The van der Waals surface area contributed by atoms with Crippen LogP contribution in [0.3, 0.4) is 0 Å². The van der Waals surface area contributed by atoms with Crippen molar-refractivity contribution in [3.8, 4) is 0 Å². The molecule has 0 unspecified atom stereocenters. The summed E-state index contributed by atoms with van der Waals surface area (Å²) < 4.78 is 27.6. The van der Waals surface area contributed by atoms with Crippen LogP contribution in [0.4, 0.5) is 0 Å². The zero-order valence-corrected chi connectivity index (χ0v) is 13.4. The Morgan fingerprint density at radius 2 is 2.19 bits per heavy atom. The molecule has 0 aliphatic heterocycles. The van der Waals surface area contributed by atoms with E-state index in [1.165, 1.54) is 23.9 Å². The number of benzene rings is 1. The van der Waals surface area contributed by atoms with E-state index in [-0.39, 0.29) is 16.6 Å². The van der Waals surface area contributed by atoms with Crippen molar-refractivity contribution >= 4 is 27.2 Å². The summed E-state index contributed by atoms with van der Waals surface area (Å²) in [5.74, 6) is 0. The highest BCUT2D eigenvalue weighted by atomic mass is 32.2. The van der Waals surface area contributed by atoms with Crippen LogP contribution in [-0.2, 0) is 23.6 Å². The Morgan fingerprint density at radius 3 is 2.76 bits per heavy atom. The number of imidazole rings is 1. The third-order valence-corrected chi connectivity index (χ3v) is 4.90. The fraction of sp³-hybridized carbons (Fsp3) is 0.231. The van der Waals surface area contributed by atoms with Crippen molar-refractivity contribution in [1.29, 1.82) is 0 Å². The molecule has 6 nitrogen and oxygen atoms in total. The van der Waals surface area contributed by atoms with Gasteiger partial charge in [0.25, 0.3) is 10.0 Å². The molecule has 1 heterocycles. The monoisotopic (exact) mass is 324 g/mol. The Hall–Kier alpha value is -1.77. The SMILES string of the molecule is CN(Cc1cccc(C(N)=S)c1)S(=O)(=O)c1cn(C)cn1. The molecule has 0 aliphatic carbocycles. The lowest BCUT2D eigenvalue weighted by atomic mass is 10.1. The first-order valence-electron chi connectivity index (χ1n) is 6.14. The van der Waals surface area contributed by atoms with Crippen LogP contribution in [-0.4, -0.2) is 34.3 Å². The molecule has 112 valence electrons. The lowest BCUT2D eigenvalue weighted by molar-refractivity contribution is 0.464. The van der Waals surface area contributed by atoms with Crippen molar-refractivity contribution in [2.45, 2.75) is 11.6 Å². The molecule has 21 heavy (non-hydrogen) atoms. The Balaban J connectivity index is 2.23. The van der Waals surface area contributed by atoms with E-state index >= 15 is 0 Å². The van der Waals surface area contributed by atoms with Gasteiger partial charge in [-0.15, -0.1) is 0 Å². The minimum atomic E-state index is -3.61. The summed E-state index contributed by atoms with van der Waals surface area (Å²) in [5.41, 5.74) is 7.10. The topological polar surface area (TPSA) is 81.2 Å². The highest BCUT2D eigenvalue weighted by Gasteiger charge is 2.23. The Kier molecular flexibility index (Phi) is 4.40. The second-order valence-electron chi connectivity index (χ2n) is 4.70. The number of sulfonamides is 1. The summed E-state index contributed by atoms with van der Waals surface area (Å²) in [6.45, 7) is 0.218. The van der Waals surface area contributed by atoms with E-state index < -0.39 is 10.0 Å². The molecule has 0 fully saturated rings. The number of thiocarbonyl (C=S) groups is 1. The number of nitrogens with zero attached hydrogens (tertiary/aromatic N) is 3. The van der Waals surface area contributed by atoms with Gasteiger partial charge in [0, 0.05) is 32.4 Å². The van der Waals surface area contributed by atoms with Gasteiger partial charge in [0.15, 0.2) is 5.03 Å². The number of hydrogen-bond donors (Lipinski definition) is 1. The summed E-state index contributed by atoms with van der Waals surface area (Å²) in [7, 11) is -0.381. The summed E-state index contributed by atoms with van der Waals surface area (Å²) in [6, 6.07) is 7.20. The van der Waals surface area contributed by atoms with Crippen LogP contribution in [0.15, 0.2) is 41.8 Å². The van der Waals surface area contributed by atoms with Crippen LogP contribution < -0.4 is 5.73 Å². The van der Waals surface area contributed by atoms with Crippen LogP contribution in [0.25, 0.3) is 0 Å². The zero-order valence-electron chi connectivity index (χ0n) is 11.7. The second kappa shape index (κ2) is 5.92. The smallest absolute Gasteiger partial charge is 0.262 e. The average molecular weight is 324 g/mol. The van der Waals surface area contributed by atoms with Gasteiger partial charge in [-0.2, -0.15) is 4.31 Å². The number of aromatic nitrogens is 2. The van der Waals surface area contributed by atoms with E-state index in [1.807, 2.05) is 6.07 Å². The Morgan fingerprint density at radius 1 is 1.48 bits per heavy atom. The molecule has 0 amide bonds. The molecule has 0 atom stereocenters. The van der Waals surface area contributed by atoms with Crippen LogP contribution in [0, 0.1) is 0 Å². The Bertz CT molecular complexity index is 768. The molecule has 1 aromatic heterocycles. The molecular weight excluding hydrogens is 308 g/mol. The first-order valence-corrected chi connectivity index (χ1v) is 7.98. The molecular formula is C13H16N4O2S2. The van der Waals surface area contributed by atoms with Gasteiger partial charge in [0.2, 0.25) is 0 Å². The highest BCUT2D eigenvalue weighted by molar-refractivity contribution is 7.89. The van der Waals surface area contributed by atoms with Crippen LogP contribution in [0.5, 0.6) is 0 Å². The molecule has 0 spiro atoms. The van der Waals surface area contributed by atoms with Crippen molar-refractivity contribution in [2.75, 3.05) is 7.05 Å². The average Bonchev–Trinajstić information content (AvgIpc) is 2.86. The first kappa shape index (κ1) is 15.6. The zero-order chi connectivity index (χ0) is 15.6. The maximum Gasteiger partial charge on any atom is 0.262 e. The minimum absolute atomic E-state index is 0.0259. The fourth-order valence-corrected chi connectivity index (χ4v) is 3.09. The van der Waals surface area contributed by atoms with Gasteiger partial charge < -0.3 is 10.3 Å². The largest absolute Gasteiger partial charge is 0.389 e.